The highest BCUT2D eigenvalue weighted by molar-refractivity contribution is 5.87. The monoisotopic (exact) mass is 328 g/mol. The van der Waals surface area contributed by atoms with Crippen LogP contribution in [0.3, 0.4) is 0 Å². The Bertz CT molecular complexity index is 764. The lowest BCUT2D eigenvalue weighted by Gasteiger charge is -2.20. The van der Waals surface area contributed by atoms with E-state index in [1.54, 1.807) is 6.92 Å². The Morgan fingerprint density at radius 1 is 1.25 bits per heavy atom. The van der Waals surface area contributed by atoms with Crippen LogP contribution in [-0.2, 0) is 11.8 Å². The molecule has 2 aliphatic rings. The van der Waals surface area contributed by atoms with E-state index in [0.29, 0.717) is 5.92 Å². The number of aromatic nitrogens is 4. The van der Waals surface area contributed by atoms with Gasteiger partial charge < -0.3 is 10.2 Å². The van der Waals surface area contributed by atoms with E-state index >= 15 is 0 Å². The van der Waals surface area contributed by atoms with Crippen LogP contribution in [0.2, 0.25) is 0 Å². The molecule has 2 aromatic heterocycles. The quantitative estimate of drug-likeness (QED) is 0.929. The van der Waals surface area contributed by atoms with Crippen LogP contribution in [0.4, 0.5) is 5.82 Å². The summed E-state index contributed by atoms with van der Waals surface area (Å²) in [4.78, 5) is 23.3. The maximum Gasteiger partial charge on any atom is 0.217 e. The first-order valence-electron chi connectivity index (χ1n) is 8.83. The Balaban J connectivity index is 1.70. The number of rotatable bonds is 3. The number of fused-ring (bicyclic) bond motifs is 1. The zero-order valence-electron chi connectivity index (χ0n) is 14.3. The summed E-state index contributed by atoms with van der Waals surface area (Å²) in [6, 6.07) is 0.194. The molecule has 1 aliphatic carbocycles. The van der Waals surface area contributed by atoms with E-state index in [0.717, 1.165) is 42.2 Å². The van der Waals surface area contributed by atoms with Crippen LogP contribution < -0.4 is 10.2 Å². The Morgan fingerprint density at radius 3 is 2.79 bits per heavy atom. The molecule has 4 rings (SSSR count). The predicted molar refractivity (Wildman–Crippen MR) is 91.9 cm³/mol. The summed E-state index contributed by atoms with van der Waals surface area (Å²) in [5, 5.41) is 8.40. The van der Waals surface area contributed by atoms with Crippen LogP contribution in [-0.4, -0.2) is 44.8 Å². The molecule has 7 heteroatoms. The van der Waals surface area contributed by atoms with Gasteiger partial charge in [0.05, 0.1) is 11.6 Å². The molecule has 24 heavy (non-hydrogen) atoms. The summed E-state index contributed by atoms with van der Waals surface area (Å²) in [5.41, 5.74) is 0.907. The van der Waals surface area contributed by atoms with E-state index in [1.807, 2.05) is 17.9 Å². The Kier molecular flexibility index (Phi) is 3.86. The number of nitrogens with zero attached hydrogens (tertiary/aromatic N) is 5. The minimum absolute atomic E-state index is 0.0303. The van der Waals surface area contributed by atoms with Gasteiger partial charge >= 0.3 is 0 Å². The van der Waals surface area contributed by atoms with Gasteiger partial charge in [0.15, 0.2) is 5.65 Å². The van der Waals surface area contributed by atoms with Crippen LogP contribution in [0.5, 0.6) is 0 Å². The van der Waals surface area contributed by atoms with Gasteiger partial charge in [0, 0.05) is 39.0 Å². The maximum absolute atomic E-state index is 11.3. The summed E-state index contributed by atoms with van der Waals surface area (Å²) in [5.74, 6) is 2.43. The van der Waals surface area contributed by atoms with Gasteiger partial charge in [0.2, 0.25) is 5.91 Å². The highest BCUT2D eigenvalue weighted by Gasteiger charge is 2.28. The number of carbonyl (C=O) groups excluding carboxylic acids is 1. The van der Waals surface area contributed by atoms with Crippen LogP contribution in [0.25, 0.3) is 11.0 Å². The van der Waals surface area contributed by atoms with Crippen molar-refractivity contribution >= 4 is 22.8 Å². The molecular formula is C17H24N6O. The third-order valence-electron chi connectivity index (χ3n) is 5.20. The molecule has 2 aromatic rings. The minimum Gasteiger partial charge on any atom is -0.354 e. The SMILES string of the molecule is CC(=O)N[C@H]1CCN(c2nc(C3CCCC3)nc3c2cnn3C)C1. The van der Waals surface area contributed by atoms with E-state index in [2.05, 4.69) is 15.3 Å². The predicted octanol–water partition coefficient (Wildman–Crippen LogP) is 1.74. The van der Waals surface area contributed by atoms with Crippen LogP contribution in [0.15, 0.2) is 6.20 Å². The van der Waals surface area contributed by atoms with Crippen molar-refractivity contribution in [3.63, 3.8) is 0 Å². The maximum atomic E-state index is 11.3. The molecule has 1 saturated heterocycles. The van der Waals surface area contributed by atoms with Crippen molar-refractivity contribution in [2.24, 2.45) is 7.05 Å². The topological polar surface area (TPSA) is 75.9 Å². The molecule has 3 heterocycles. The second-order valence-corrected chi connectivity index (χ2v) is 7.02. The minimum atomic E-state index is 0.0303. The summed E-state index contributed by atoms with van der Waals surface area (Å²) in [6.07, 6.45) is 7.69. The third-order valence-corrected chi connectivity index (χ3v) is 5.20. The number of aryl methyl sites for hydroxylation is 1. The summed E-state index contributed by atoms with van der Waals surface area (Å²) >= 11 is 0. The summed E-state index contributed by atoms with van der Waals surface area (Å²) in [7, 11) is 1.93. The molecule has 0 aromatic carbocycles. The zero-order valence-corrected chi connectivity index (χ0v) is 14.3. The van der Waals surface area contributed by atoms with Crippen molar-refractivity contribution in [3.8, 4) is 0 Å². The third kappa shape index (κ3) is 2.72. The number of amides is 1. The van der Waals surface area contributed by atoms with Gasteiger partial charge in [-0.05, 0) is 19.3 Å². The fourth-order valence-electron chi connectivity index (χ4n) is 3.99. The molecule has 0 radical (unpaired) electrons. The number of anilines is 1. The van der Waals surface area contributed by atoms with Crippen molar-refractivity contribution in [1.82, 2.24) is 25.1 Å². The molecule has 2 fully saturated rings. The molecule has 7 nitrogen and oxygen atoms in total. The first-order chi connectivity index (χ1) is 11.6. The Labute approximate surface area is 141 Å². The molecule has 1 atom stereocenters. The fraction of sp³-hybridized carbons (Fsp3) is 0.647. The Hall–Kier alpha value is -2.18. The van der Waals surface area contributed by atoms with E-state index in [1.165, 1.54) is 25.7 Å². The molecule has 1 saturated carbocycles. The second-order valence-electron chi connectivity index (χ2n) is 7.02. The van der Waals surface area contributed by atoms with Crippen LogP contribution >= 0.6 is 0 Å². The lowest BCUT2D eigenvalue weighted by Crippen LogP contribution is -2.35. The van der Waals surface area contributed by atoms with Gasteiger partial charge in [0.1, 0.15) is 11.6 Å². The van der Waals surface area contributed by atoms with Crippen LogP contribution in [0, 0.1) is 0 Å². The molecular weight excluding hydrogens is 304 g/mol. The van der Waals surface area contributed by atoms with Crippen molar-refractivity contribution in [1.29, 1.82) is 0 Å². The number of nitrogens with one attached hydrogen (secondary N) is 1. The highest BCUT2D eigenvalue weighted by Crippen LogP contribution is 2.35. The largest absolute Gasteiger partial charge is 0.354 e. The van der Waals surface area contributed by atoms with Crippen molar-refractivity contribution in [2.45, 2.75) is 51.0 Å². The summed E-state index contributed by atoms with van der Waals surface area (Å²) in [6.45, 7) is 3.27. The molecule has 128 valence electrons. The number of hydrogen-bond acceptors (Lipinski definition) is 5. The van der Waals surface area contributed by atoms with Crippen molar-refractivity contribution in [3.05, 3.63) is 12.0 Å². The average Bonchev–Trinajstić information content (AvgIpc) is 3.27. The van der Waals surface area contributed by atoms with E-state index in [9.17, 15) is 4.79 Å². The molecule has 0 unspecified atom stereocenters. The van der Waals surface area contributed by atoms with Gasteiger partial charge in [-0.15, -0.1) is 0 Å². The van der Waals surface area contributed by atoms with E-state index < -0.39 is 0 Å². The smallest absolute Gasteiger partial charge is 0.217 e. The zero-order chi connectivity index (χ0) is 16.7. The van der Waals surface area contributed by atoms with Crippen LogP contribution in [0.1, 0.15) is 50.8 Å². The Morgan fingerprint density at radius 2 is 2.04 bits per heavy atom. The lowest BCUT2D eigenvalue weighted by atomic mass is 10.1. The average molecular weight is 328 g/mol. The standard InChI is InChI=1S/C17H24N6O/c1-11(24)19-13-7-8-23(10-13)17-14-9-18-22(2)16(14)20-15(21-17)12-5-3-4-6-12/h9,12-13H,3-8,10H2,1-2H3,(H,19,24)/t13-/m0/s1. The van der Waals surface area contributed by atoms with Gasteiger partial charge in [-0.25, -0.2) is 9.97 Å². The molecule has 1 N–H and O–H groups in total. The number of carbonyl (C=O) groups is 1. The van der Waals surface area contributed by atoms with Gasteiger partial charge in [-0.3, -0.25) is 9.48 Å². The first kappa shape index (κ1) is 15.4. The second kappa shape index (κ2) is 6.03. The molecule has 1 amide bonds. The van der Waals surface area contributed by atoms with Crippen molar-refractivity contribution < 1.29 is 4.79 Å². The fourth-order valence-corrected chi connectivity index (χ4v) is 3.99. The molecule has 1 aliphatic heterocycles. The molecule has 0 bridgehead atoms. The van der Waals surface area contributed by atoms with Gasteiger partial charge in [0.25, 0.3) is 0 Å². The van der Waals surface area contributed by atoms with Crippen molar-refractivity contribution in [2.75, 3.05) is 18.0 Å². The van der Waals surface area contributed by atoms with Gasteiger partial charge in [-0.2, -0.15) is 5.10 Å². The molecule has 0 spiro atoms. The van der Waals surface area contributed by atoms with Gasteiger partial charge in [-0.1, -0.05) is 12.8 Å². The number of hydrogen-bond donors (Lipinski definition) is 1. The lowest BCUT2D eigenvalue weighted by molar-refractivity contribution is -0.119. The highest BCUT2D eigenvalue weighted by atomic mass is 16.1. The summed E-state index contributed by atoms with van der Waals surface area (Å²) < 4.78 is 1.83. The first-order valence-corrected chi connectivity index (χ1v) is 8.83. The van der Waals surface area contributed by atoms with E-state index in [4.69, 9.17) is 9.97 Å². The van der Waals surface area contributed by atoms with E-state index in [-0.39, 0.29) is 11.9 Å². The normalized spacial score (nSPS) is 21.8.